The molecular formula is C36H76O14Si8. The first kappa shape index (κ1) is 47.1. The lowest BCUT2D eigenvalue weighted by Crippen LogP contribution is -2.89. The highest BCUT2D eigenvalue weighted by Gasteiger charge is 2.84. The van der Waals surface area contributed by atoms with Gasteiger partial charge in [-0.15, -0.1) is 0 Å². The van der Waals surface area contributed by atoms with Crippen molar-refractivity contribution in [2.75, 3.05) is 6.61 Å². The predicted molar refractivity (Wildman–Crippen MR) is 233 cm³/mol. The Morgan fingerprint density at radius 1 is 0.379 bits per heavy atom. The van der Waals surface area contributed by atoms with Crippen molar-refractivity contribution < 1.29 is 58.5 Å². The Morgan fingerprint density at radius 3 is 0.914 bits per heavy atom. The van der Waals surface area contributed by atoms with Crippen molar-refractivity contribution in [3.8, 4) is 0 Å². The standard InChI is InChI=1S/C36H76O14Si8/c1-27(2)20-51-39-52(21-28(3)4)42-55(24-31(9)10)44-53(40-51,22-29(5)6)46-57(26-33(13)14)47-54(41-51,23-30(7)8)45-56(43-52,25-32(11)12)49-58(48-55,50-57)37-18-17-34-15-16-35-36(19-34)38-35/h27-36H,15-26H2,1-14H3/t34-,35+,36+,51?,52?,53?,54?,55?,56?,57?,58?/m0/s1. The van der Waals surface area contributed by atoms with E-state index in [1.54, 1.807) is 0 Å². The van der Waals surface area contributed by atoms with E-state index in [1.807, 2.05) is 0 Å². The second kappa shape index (κ2) is 17.2. The largest absolute Gasteiger partial charge is 0.657 e. The number of epoxide rings is 1. The van der Waals surface area contributed by atoms with Crippen molar-refractivity contribution in [2.24, 2.45) is 47.3 Å². The van der Waals surface area contributed by atoms with E-state index >= 15 is 0 Å². The number of rotatable bonds is 18. The van der Waals surface area contributed by atoms with Crippen LogP contribution in [0, 0.1) is 47.3 Å². The highest BCUT2D eigenvalue weighted by molar-refractivity contribution is 7.02. The molecule has 0 aromatic rings. The highest BCUT2D eigenvalue weighted by Crippen LogP contribution is 2.55. The van der Waals surface area contributed by atoms with Gasteiger partial charge in [-0.3, -0.25) is 0 Å². The number of fused-ring (bicyclic) bond motifs is 1. The van der Waals surface area contributed by atoms with Crippen LogP contribution in [0.5, 0.6) is 0 Å². The van der Waals surface area contributed by atoms with Crippen molar-refractivity contribution in [3.05, 3.63) is 0 Å². The molecule has 8 aliphatic rings. The van der Waals surface area contributed by atoms with Gasteiger partial charge in [0.2, 0.25) is 0 Å². The molecule has 0 spiro atoms. The van der Waals surface area contributed by atoms with Crippen molar-refractivity contribution in [3.63, 3.8) is 0 Å². The third kappa shape index (κ3) is 10.6. The average molecular weight is 958 g/mol. The van der Waals surface area contributed by atoms with Gasteiger partial charge in [0.25, 0.3) is 0 Å². The summed E-state index contributed by atoms with van der Waals surface area (Å²) in [4.78, 5) is 0. The summed E-state index contributed by atoms with van der Waals surface area (Å²) >= 11 is 0. The van der Waals surface area contributed by atoms with Crippen molar-refractivity contribution in [2.45, 2.75) is 177 Å². The Morgan fingerprint density at radius 2 is 0.655 bits per heavy atom. The smallest absolute Gasteiger partial charge is 0.373 e. The normalized spacial score (nSPS) is 44.7. The van der Waals surface area contributed by atoms with Gasteiger partial charge in [-0.25, -0.2) is 0 Å². The topological polar surface area (TPSA) is 133 Å². The van der Waals surface area contributed by atoms with Crippen molar-refractivity contribution in [1.82, 2.24) is 0 Å². The van der Waals surface area contributed by atoms with E-state index in [9.17, 15) is 0 Å². The fourth-order valence-electron chi connectivity index (χ4n) is 9.77. The third-order valence-corrected chi connectivity index (χ3v) is 50.1. The molecule has 8 rings (SSSR count). The van der Waals surface area contributed by atoms with Crippen LogP contribution in [-0.2, 0) is 58.5 Å². The summed E-state index contributed by atoms with van der Waals surface area (Å²) in [5, 5.41) is 0. The molecule has 14 nitrogen and oxygen atoms in total. The van der Waals surface area contributed by atoms with Crippen LogP contribution in [-0.4, -0.2) is 89.5 Å². The maximum atomic E-state index is 7.79. The summed E-state index contributed by atoms with van der Waals surface area (Å²) < 4.78 is 106. The lowest BCUT2D eigenvalue weighted by Gasteiger charge is -2.63. The van der Waals surface area contributed by atoms with Gasteiger partial charge in [-0.2, -0.15) is 0 Å². The van der Waals surface area contributed by atoms with Crippen LogP contribution in [0.25, 0.3) is 0 Å². The molecule has 7 aliphatic heterocycles. The Labute approximate surface area is 358 Å². The molecule has 0 N–H and O–H groups in total. The minimum atomic E-state index is -4.41. The van der Waals surface area contributed by atoms with E-state index in [-0.39, 0.29) is 41.4 Å². The van der Waals surface area contributed by atoms with Gasteiger partial charge >= 0.3 is 70.7 Å². The van der Waals surface area contributed by atoms with Crippen LogP contribution in [0.1, 0.15) is 123 Å². The second-order valence-electron chi connectivity index (χ2n) is 21.2. The Bertz CT molecular complexity index is 1290. The van der Waals surface area contributed by atoms with E-state index in [0.717, 1.165) is 25.7 Å². The number of hydrogen-bond acceptors (Lipinski definition) is 14. The van der Waals surface area contributed by atoms with Crippen LogP contribution >= 0.6 is 0 Å². The zero-order valence-corrected chi connectivity index (χ0v) is 46.0. The second-order valence-corrected chi connectivity index (χ2v) is 44.7. The van der Waals surface area contributed by atoms with Gasteiger partial charge in [0.05, 0.1) is 12.2 Å². The summed E-state index contributed by atoms with van der Waals surface area (Å²) in [6.45, 7) is 30.6. The molecule has 0 amide bonds. The summed E-state index contributed by atoms with van der Waals surface area (Å²) in [6, 6.07) is 3.21. The molecular weight excluding hydrogens is 881 g/mol. The van der Waals surface area contributed by atoms with Crippen LogP contribution in [0.15, 0.2) is 0 Å². The van der Waals surface area contributed by atoms with Gasteiger partial charge in [0.15, 0.2) is 0 Å². The lowest BCUT2D eigenvalue weighted by molar-refractivity contribution is -0.0628. The van der Waals surface area contributed by atoms with Crippen LogP contribution < -0.4 is 0 Å². The van der Waals surface area contributed by atoms with Crippen LogP contribution in [0.3, 0.4) is 0 Å². The highest BCUT2D eigenvalue weighted by atomic mass is 28.6. The molecule has 8 bridgehead atoms. The summed E-state index contributed by atoms with van der Waals surface area (Å²) in [7, 11) is -32.2. The summed E-state index contributed by atoms with van der Waals surface area (Å²) in [5.41, 5.74) is 0. The van der Waals surface area contributed by atoms with Crippen molar-refractivity contribution in [1.29, 1.82) is 0 Å². The molecule has 0 aromatic carbocycles. The summed E-state index contributed by atoms with van der Waals surface area (Å²) in [6.07, 6.45) is 4.80. The van der Waals surface area contributed by atoms with Gasteiger partial charge < -0.3 is 58.5 Å². The molecule has 0 radical (unpaired) electrons. The van der Waals surface area contributed by atoms with E-state index in [0.29, 0.717) is 67.0 Å². The first-order valence-electron chi connectivity index (χ1n) is 22.7. The Balaban J connectivity index is 1.50. The van der Waals surface area contributed by atoms with Gasteiger partial charge in [-0.05, 0) is 73.0 Å². The van der Waals surface area contributed by atoms with Gasteiger partial charge in [0.1, 0.15) is 0 Å². The van der Waals surface area contributed by atoms with E-state index in [1.165, 1.54) is 0 Å². The van der Waals surface area contributed by atoms with E-state index in [4.69, 9.17) is 58.5 Å². The fraction of sp³-hybridized carbons (Fsp3) is 1.00. The molecule has 7 saturated heterocycles. The maximum Gasteiger partial charge on any atom is 0.657 e. The molecule has 1 saturated carbocycles. The Kier molecular flexibility index (Phi) is 14.0. The minimum Gasteiger partial charge on any atom is -0.373 e. The number of hydrogen-bond donors (Lipinski definition) is 0. The Hall–Kier alpha value is 1.18. The molecule has 0 aromatic heterocycles. The average Bonchev–Trinajstić information content (AvgIpc) is 3.73. The SMILES string of the molecule is CC(C)C[Si]12O[Si]3(CC(C)C)O[Si]4(CC(C)C)O[Si](CC(C)C)(O1)O[Si]1(CC(C)C)O[Si](CC(C)C)(O2)O[Si](CC(C)C)(O3)O[Si](OCC[C@@H]2CC[C@H]3O[C@@H]3C2)(O4)O1. The molecule has 7 heterocycles. The number of ether oxygens (including phenoxy) is 1. The summed E-state index contributed by atoms with van der Waals surface area (Å²) in [5.74, 6) is 1.19. The fourth-order valence-corrected chi connectivity index (χ4v) is 59.5. The molecule has 8 fully saturated rings. The molecule has 0 unspecified atom stereocenters. The maximum absolute atomic E-state index is 7.79. The van der Waals surface area contributed by atoms with E-state index < -0.39 is 70.7 Å². The van der Waals surface area contributed by atoms with Crippen molar-refractivity contribution >= 4 is 70.7 Å². The molecule has 1 aliphatic carbocycles. The quantitative estimate of drug-likeness (QED) is 0.0958. The molecule has 3 atom stereocenters. The van der Waals surface area contributed by atoms with Gasteiger partial charge in [-0.1, -0.05) is 96.9 Å². The van der Waals surface area contributed by atoms with Crippen LogP contribution in [0.4, 0.5) is 0 Å². The minimum absolute atomic E-state index is 0.0885. The molecule has 336 valence electrons. The third-order valence-electron chi connectivity index (χ3n) is 11.2. The first-order valence-corrected chi connectivity index (χ1v) is 37.8. The van der Waals surface area contributed by atoms with Gasteiger partial charge in [0, 0.05) is 48.9 Å². The lowest BCUT2D eigenvalue weighted by atomic mass is 9.87. The zero-order chi connectivity index (χ0) is 42.2. The monoisotopic (exact) mass is 956 g/mol. The predicted octanol–water partition coefficient (Wildman–Crippen LogP) is 8.83. The first-order chi connectivity index (χ1) is 26.9. The van der Waals surface area contributed by atoms with E-state index in [2.05, 4.69) is 96.9 Å². The van der Waals surface area contributed by atoms with Crippen LogP contribution in [0.2, 0.25) is 42.3 Å². The molecule has 22 heteroatoms. The zero-order valence-electron chi connectivity index (χ0n) is 38.0. The molecule has 58 heavy (non-hydrogen) atoms.